The second kappa shape index (κ2) is 4.96. The Bertz CT molecular complexity index is 336. The van der Waals surface area contributed by atoms with Gasteiger partial charge in [0, 0.05) is 26.3 Å². The molecule has 1 N–H and O–H groups in total. The molecule has 2 heterocycles. The van der Waals surface area contributed by atoms with E-state index in [0.717, 1.165) is 28.4 Å². The van der Waals surface area contributed by atoms with E-state index in [2.05, 4.69) is 42.8 Å². The predicted molar refractivity (Wildman–Crippen MR) is 70.4 cm³/mol. The van der Waals surface area contributed by atoms with Crippen molar-refractivity contribution in [3.63, 3.8) is 0 Å². The lowest BCUT2D eigenvalue weighted by molar-refractivity contribution is 0.568. The molecule has 5 heteroatoms. The van der Waals surface area contributed by atoms with Gasteiger partial charge in [0.05, 0.1) is 3.57 Å². The Morgan fingerprint density at radius 1 is 1.33 bits per heavy atom. The summed E-state index contributed by atoms with van der Waals surface area (Å²) in [6.07, 6.45) is 5.72. The summed E-state index contributed by atoms with van der Waals surface area (Å²) in [7, 11) is 1.89. The maximum atomic E-state index is 4.51. The average Bonchev–Trinajstić information content (AvgIpc) is 2.31. The van der Waals surface area contributed by atoms with Crippen molar-refractivity contribution in [2.24, 2.45) is 0 Å². The third-order valence-corrected chi connectivity index (χ3v) is 3.40. The highest BCUT2D eigenvalue weighted by molar-refractivity contribution is 14.1. The minimum absolute atomic E-state index is 0.861. The first-order valence-electron chi connectivity index (χ1n) is 5.26. The molecule has 0 amide bonds. The summed E-state index contributed by atoms with van der Waals surface area (Å²) in [5, 5.41) is 3.09. The second-order valence-corrected chi connectivity index (χ2v) is 4.83. The van der Waals surface area contributed by atoms with Gasteiger partial charge < -0.3 is 10.2 Å². The summed E-state index contributed by atoms with van der Waals surface area (Å²) in [5.41, 5.74) is 0. The van der Waals surface area contributed by atoms with Crippen LogP contribution >= 0.6 is 22.6 Å². The molecule has 0 bridgehead atoms. The summed E-state index contributed by atoms with van der Waals surface area (Å²) in [5.74, 6) is 1.78. The van der Waals surface area contributed by atoms with Crippen LogP contribution in [-0.4, -0.2) is 30.1 Å². The van der Waals surface area contributed by atoms with Crippen molar-refractivity contribution in [3.8, 4) is 0 Å². The molecule has 82 valence electrons. The quantitative estimate of drug-likeness (QED) is 0.848. The fourth-order valence-electron chi connectivity index (χ4n) is 1.78. The Kier molecular flexibility index (Phi) is 3.61. The SMILES string of the molecule is CNc1nc(N2CCCCC2)ncc1I. The maximum absolute atomic E-state index is 4.51. The molecule has 0 aliphatic carbocycles. The number of rotatable bonds is 2. The van der Waals surface area contributed by atoms with Crippen LogP contribution < -0.4 is 10.2 Å². The lowest BCUT2D eigenvalue weighted by atomic mass is 10.1. The van der Waals surface area contributed by atoms with Gasteiger partial charge in [0.2, 0.25) is 5.95 Å². The molecule has 0 saturated carbocycles. The molecule has 1 aliphatic rings. The van der Waals surface area contributed by atoms with Gasteiger partial charge in [-0.2, -0.15) is 4.98 Å². The van der Waals surface area contributed by atoms with Gasteiger partial charge in [-0.15, -0.1) is 0 Å². The Morgan fingerprint density at radius 2 is 2.07 bits per heavy atom. The van der Waals surface area contributed by atoms with E-state index in [1.807, 2.05) is 13.2 Å². The van der Waals surface area contributed by atoms with Crippen LogP contribution in [-0.2, 0) is 0 Å². The zero-order chi connectivity index (χ0) is 10.7. The summed E-state index contributed by atoms with van der Waals surface area (Å²) >= 11 is 2.24. The van der Waals surface area contributed by atoms with Crippen LogP contribution in [0.25, 0.3) is 0 Å². The van der Waals surface area contributed by atoms with Crippen LogP contribution in [0.15, 0.2) is 6.20 Å². The van der Waals surface area contributed by atoms with Crippen LogP contribution in [0.3, 0.4) is 0 Å². The predicted octanol–water partition coefficient (Wildman–Crippen LogP) is 2.11. The van der Waals surface area contributed by atoms with E-state index in [1.54, 1.807) is 0 Å². The number of anilines is 2. The molecule has 1 fully saturated rings. The smallest absolute Gasteiger partial charge is 0.227 e. The first-order chi connectivity index (χ1) is 7.31. The fourth-order valence-corrected chi connectivity index (χ4v) is 2.31. The van der Waals surface area contributed by atoms with Gasteiger partial charge in [-0.1, -0.05) is 0 Å². The second-order valence-electron chi connectivity index (χ2n) is 3.66. The van der Waals surface area contributed by atoms with E-state index < -0.39 is 0 Å². The van der Waals surface area contributed by atoms with Gasteiger partial charge in [-0.25, -0.2) is 4.98 Å². The first-order valence-corrected chi connectivity index (χ1v) is 6.34. The number of hydrogen-bond acceptors (Lipinski definition) is 4. The molecule has 4 nitrogen and oxygen atoms in total. The van der Waals surface area contributed by atoms with E-state index in [4.69, 9.17) is 0 Å². The van der Waals surface area contributed by atoms with Crippen molar-refractivity contribution < 1.29 is 0 Å². The van der Waals surface area contributed by atoms with Gasteiger partial charge in [0.1, 0.15) is 5.82 Å². The molecule has 1 aromatic heterocycles. The standard InChI is InChI=1S/C10H15IN4/c1-12-9-8(11)7-13-10(14-9)15-5-3-2-4-6-15/h7H,2-6H2,1H3,(H,12,13,14). The maximum Gasteiger partial charge on any atom is 0.227 e. The number of aromatic nitrogens is 2. The minimum Gasteiger partial charge on any atom is -0.372 e. The largest absolute Gasteiger partial charge is 0.372 e. The highest BCUT2D eigenvalue weighted by atomic mass is 127. The van der Waals surface area contributed by atoms with Crippen LogP contribution in [0.4, 0.5) is 11.8 Å². The topological polar surface area (TPSA) is 41.1 Å². The van der Waals surface area contributed by atoms with Crippen molar-refractivity contribution >= 4 is 34.4 Å². The van der Waals surface area contributed by atoms with Crippen LogP contribution in [0, 0.1) is 3.57 Å². The fraction of sp³-hybridized carbons (Fsp3) is 0.600. The lowest BCUT2D eigenvalue weighted by Crippen LogP contribution is -2.31. The number of halogens is 1. The Balaban J connectivity index is 2.20. The third-order valence-electron chi connectivity index (χ3n) is 2.61. The summed E-state index contributed by atoms with van der Waals surface area (Å²) in [6, 6.07) is 0. The number of nitrogens with zero attached hydrogens (tertiary/aromatic N) is 3. The zero-order valence-electron chi connectivity index (χ0n) is 8.83. The van der Waals surface area contributed by atoms with Gasteiger partial charge in [0.25, 0.3) is 0 Å². The van der Waals surface area contributed by atoms with E-state index in [0.29, 0.717) is 0 Å². The Hall–Kier alpha value is -0.590. The molecule has 0 radical (unpaired) electrons. The van der Waals surface area contributed by atoms with E-state index in [9.17, 15) is 0 Å². The number of hydrogen-bond donors (Lipinski definition) is 1. The highest BCUT2D eigenvalue weighted by Gasteiger charge is 2.14. The zero-order valence-corrected chi connectivity index (χ0v) is 11.0. The molecule has 1 aromatic rings. The van der Waals surface area contributed by atoms with E-state index in [1.165, 1.54) is 19.3 Å². The Morgan fingerprint density at radius 3 is 2.73 bits per heavy atom. The van der Waals surface area contributed by atoms with E-state index in [-0.39, 0.29) is 0 Å². The van der Waals surface area contributed by atoms with Crippen molar-refractivity contribution in [2.45, 2.75) is 19.3 Å². The summed E-state index contributed by atoms with van der Waals surface area (Å²) < 4.78 is 1.07. The molecule has 0 spiro atoms. The normalized spacial score (nSPS) is 16.5. The van der Waals surface area contributed by atoms with Crippen molar-refractivity contribution in [1.82, 2.24) is 9.97 Å². The molecule has 0 unspecified atom stereocenters. The molecule has 15 heavy (non-hydrogen) atoms. The first kappa shape index (κ1) is 10.9. The third kappa shape index (κ3) is 2.50. The summed E-state index contributed by atoms with van der Waals surface area (Å²) in [4.78, 5) is 11.2. The number of nitrogens with one attached hydrogen (secondary N) is 1. The molecule has 2 rings (SSSR count). The summed E-state index contributed by atoms with van der Waals surface area (Å²) in [6.45, 7) is 2.17. The minimum atomic E-state index is 0.861. The van der Waals surface area contributed by atoms with Crippen LogP contribution in [0.1, 0.15) is 19.3 Å². The van der Waals surface area contributed by atoms with Gasteiger partial charge in [0.15, 0.2) is 0 Å². The van der Waals surface area contributed by atoms with Crippen molar-refractivity contribution in [1.29, 1.82) is 0 Å². The van der Waals surface area contributed by atoms with Crippen LogP contribution in [0.2, 0.25) is 0 Å². The number of piperidine rings is 1. The molecule has 0 aromatic carbocycles. The van der Waals surface area contributed by atoms with Crippen molar-refractivity contribution in [2.75, 3.05) is 30.4 Å². The van der Waals surface area contributed by atoms with Gasteiger partial charge in [-0.3, -0.25) is 0 Å². The molecular weight excluding hydrogens is 303 g/mol. The molecule has 1 aliphatic heterocycles. The van der Waals surface area contributed by atoms with Gasteiger partial charge in [-0.05, 0) is 41.9 Å². The van der Waals surface area contributed by atoms with Crippen molar-refractivity contribution in [3.05, 3.63) is 9.77 Å². The average molecular weight is 318 g/mol. The molecular formula is C10H15IN4. The molecule has 1 saturated heterocycles. The lowest BCUT2D eigenvalue weighted by Gasteiger charge is -2.26. The monoisotopic (exact) mass is 318 g/mol. The Labute approximate surface area is 104 Å². The van der Waals surface area contributed by atoms with Crippen LogP contribution in [0.5, 0.6) is 0 Å². The highest BCUT2D eigenvalue weighted by Crippen LogP contribution is 2.20. The van der Waals surface area contributed by atoms with Gasteiger partial charge >= 0.3 is 0 Å². The van der Waals surface area contributed by atoms with E-state index >= 15 is 0 Å². The molecule has 0 atom stereocenters.